The first-order chi connectivity index (χ1) is 20.9. The summed E-state index contributed by atoms with van der Waals surface area (Å²) in [5, 5.41) is 3.59. The molecular weight excluding hydrogens is 560 g/mol. The first kappa shape index (κ1) is 27.2. The van der Waals surface area contributed by atoms with Crippen molar-refractivity contribution in [1.29, 1.82) is 0 Å². The molecule has 3 heterocycles. The van der Waals surface area contributed by atoms with Crippen molar-refractivity contribution < 1.29 is 19.1 Å². The molecule has 0 aliphatic carbocycles. The number of rotatable bonds is 7. The van der Waals surface area contributed by atoms with E-state index in [0.717, 1.165) is 17.5 Å². The summed E-state index contributed by atoms with van der Waals surface area (Å²) in [6, 6.07) is 27.5. The molecule has 0 aromatic heterocycles. The van der Waals surface area contributed by atoms with Gasteiger partial charge >= 0.3 is 0 Å². The zero-order chi connectivity index (χ0) is 29.7. The predicted octanol–water partition coefficient (Wildman–Crippen LogP) is 7.11. The monoisotopic (exact) mass is 588 g/mol. The number of nitrogens with zero attached hydrogens (tertiary/aromatic N) is 1. The molecule has 1 fully saturated rings. The molecule has 3 aliphatic heterocycles. The van der Waals surface area contributed by atoms with Crippen molar-refractivity contribution in [2.75, 3.05) is 11.9 Å². The Morgan fingerprint density at radius 3 is 2.49 bits per heavy atom. The lowest BCUT2D eigenvalue weighted by atomic mass is 9.62. The maximum absolute atomic E-state index is 15.0. The fraction of sp³-hybridized carbons (Fsp3) is 0.194. The number of anilines is 1. The largest absolute Gasteiger partial charge is 0.494 e. The highest BCUT2D eigenvalue weighted by Gasteiger charge is 2.70. The zero-order valence-corrected chi connectivity index (χ0v) is 24.3. The van der Waals surface area contributed by atoms with Crippen LogP contribution in [0.1, 0.15) is 56.8 Å². The molecule has 7 rings (SSSR count). The van der Waals surface area contributed by atoms with Gasteiger partial charge in [0, 0.05) is 28.0 Å². The lowest BCUT2D eigenvalue weighted by Gasteiger charge is -2.38. The smallest absolute Gasteiger partial charge is 0.238 e. The fourth-order valence-corrected chi connectivity index (χ4v) is 7.22. The van der Waals surface area contributed by atoms with E-state index in [-0.39, 0.29) is 17.5 Å². The molecule has 214 valence electrons. The van der Waals surface area contributed by atoms with Crippen molar-refractivity contribution in [3.8, 4) is 5.75 Å². The Balaban J connectivity index is 1.49. The SMILES string of the molecule is CCCOc1cccc(C(=O)[C@@H]2[C@H](C(=O)c3ccc(Cl)cc3)N3C=Cc4ccccc4[C@H]3[C@@]23C(=O)Nc2ccccc23)c1. The molecule has 0 radical (unpaired) electrons. The number of ketones is 2. The van der Waals surface area contributed by atoms with Crippen molar-refractivity contribution >= 4 is 40.8 Å². The number of benzene rings is 4. The van der Waals surface area contributed by atoms with Crippen LogP contribution in [0.2, 0.25) is 5.02 Å². The molecule has 43 heavy (non-hydrogen) atoms. The molecule has 4 aromatic rings. The van der Waals surface area contributed by atoms with Gasteiger partial charge in [0.2, 0.25) is 5.91 Å². The number of para-hydroxylation sites is 1. The Hall–Kier alpha value is -4.68. The number of hydrogen-bond donors (Lipinski definition) is 1. The Labute approximate surface area is 254 Å². The maximum atomic E-state index is 15.0. The van der Waals surface area contributed by atoms with E-state index in [9.17, 15) is 14.4 Å². The molecule has 7 heteroatoms. The summed E-state index contributed by atoms with van der Waals surface area (Å²) in [6.07, 6.45) is 4.64. The molecule has 3 aliphatic rings. The third kappa shape index (κ3) is 4.12. The summed E-state index contributed by atoms with van der Waals surface area (Å²) in [5.41, 5.74) is 2.62. The molecule has 6 nitrogen and oxygen atoms in total. The van der Waals surface area contributed by atoms with Crippen molar-refractivity contribution in [3.05, 3.63) is 136 Å². The van der Waals surface area contributed by atoms with E-state index < -0.39 is 23.4 Å². The number of nitrogens with one attached hydrogen (secondary N) is 1. The van der Waals surface area contributed by atoms with Crippen LogP contribution in [0.5, 0.6) is 5.75 Å². The van der Waals surface area contributed by atoms with E-state index in [4.69, 9.17) is 16.3 Å². The van der Waals surface area contributed by atoms with Crippen LogP contribution in [0.15, 0.2) is 103 Å². The van der Waals surface area contributed by atoms with E-state index in [1.165, 1.54) is 0 Å². The van der Waals surface area contributed by atoms with Crippen LogP contribution >= 0.6 is 11.6 Å². The van der Waals surface area contributed by atoms with Gasteiger partial charge in [0.25, 0.3) is 0 Å². The molecule has 1 amide bonds. The van der Waals surface area contributed by atoms with E-state index in [1.54, 1.807) is 42.5 Å². The van der Waals surface area contributed by atoms with Crippen LogP contribution in [-0.2, 0) is 10.2 Å². The summed E-state index contributed by atoms with van der Waals surface area (Å²) >= 11 is 6.18. The van der Waals surface area contributed by atoms with E-state index in [2.05, 4.69) is 5.32 Å². The van der Waals surface area contributed by atoms with Crippen LogP contribution in [0, 0.1) is 5.92 Å². The molecule has 1 saturated heterocycles. The third-order valence-electron chi connectivity index (χ3n) is 8.84. The molecule has 4 aromatic carbocycles. The van der Waals surface area contributed by atoms with Gasteiger partial charge in [-0.15, -0.1) is 0 Å². The van der Waals surface area contributed by atoms with Gasteiger partial charge in [0.1, 0.15) is 17.2 Å². The number of carbonyl (C=O) groups is 3. The van der Waals surface area contributed by atoms with Crippen molar-refractivity contribution in [3.63, 3.8) is 0 Å². The van der Waals surface area contributed by atoms with Gasteiger partial charge in [0.15, 0.2) is 11.6 Å². The molecule has 1 N–H and O–H groups in total. The Morgan fingerprint density at radius 1 is 0.907 bits per heavy atom. The lowest BCUT2D eigenvalue weighted by molar-refractivity contribution is -0.122. The highest BCUT2D eigenvalue weighted by Crippen LogP contribution is 2.62. The average molecular weight is 589 g/mol. The number of amides is 1. The van der Waals surface area contributed by atoms with Gasteiger partial charge in [-0.25, -0.2) is 0 Å². The number of fused-ring (bicyclic) bond motifs is 6. The highest BCUT2D eigenvalue weighted by molar-refractivity contribution is 6.30. The molecule has 0 unspecified atom stereocenters. The first-order valence-electron chi connectivity index (χ1n) is 14.5. The molecule has 4 atom stereocenters. The van der Waals surface area contributed by atoms with E-state index in [0.29, 0.717) is 39.8 Å². The zero-order valence-electron chi connectivity index (χ0n) is 23.5. The van der Waals surface area contributed by atoms with Crippen LogP contribution in [0.3, 0.4) is 0 Å². The predicted molar refractivity (Wildman–Crippen MR) is 166 cm³/mol. The average Bonchev–Trinajstić information content (AvgIpc) is 3.52. The fourth-order valence-electron chi connectivity index (χ4n) is 7.09. The summed E-state index contributed by atoms with van der Waals surface area (Å²) < 4.78 is 5.87. The van der Waals surface area contributed by atoms with Gasteiger partial charge in [-0.1, -0.05) is 73.1 Å². The number of hydrogen-bond acceptors (Lipinski definition) is 5. The second kappa shape index (κ2) is 10.5. The summed E-state index contributed by atoms with van der Waals surface area (Å²) in [5.74, 6) is -1.32. The van der Waals surface area contributed by atoms with Crippen LogP contribution in [0.25, 0.3) is 6.08 Å². The van der Waals surface area contributed by atoms with Crippen LogP contribution in [0.4, 0.5) is 5.69 Å². The van der Waals surface area contributed by atoms with Crippen LogP contribution in [-0.4, -0.2) is 35.0 Å². The lowest BCUT2D eigenvalue weighted by Crippen LogP contribution is -2.49. The Morgan fingerprint density at radius 2 is 1.67 bits per heavy atom. The standard InChI is InChI=1S/C36H29ClN2O4/c1-2-20-43-26-10-7-9-24(21-26)32(40)30-31(33(41)23-14-16-25(37)17-15-23)39-19-18-22-8-3-4-11-27(22)34(39)36(30)28-12-5-6-13-29(28)38-35(36)42/h3-19,21,30-31,34H,2,20H2,1H3,(H,38,42)/t30-,31+,34-,36-/m0/s1. The summed E-state index contributed by atoms with van der Waals surface area (Å²) in [4.78, 5) is 46.1. The van der Waals surface area contributed by atoms with Crippen molar-refractivity contribution in [2.24, 2.45) is 5.92 Å². The quantitative estimate of drug-likeness (QED) is 0.233. The topological polar surface area (TPSA) is 75.7 Å². The number of halogens is 1. The van der Waals surface area contributed by atoms with E-state index >= 15 is 0 Å². The second-order valence-electron chi connectivity index (χ2n) is 11.2. The molecule has 0 saturated carbocycles. The molecule has 1 spiro atoms. The van der Waals surface area contributed by atoms with Gasteiger partial charge in [-0.2, -0.15) is 0 Å². The number of carbonyl (C=O) groups excluding carboxylic acids is 3. The summed E-state index contributed by atoms with van der Waals surface area (Å²) in [6.45, 7) is 2.53. The maximum Gasteiger partial charge on any atom is 0.238 e. The van der Waals surface area contributed by atoms with Gasteiger partial charge < -0.3 is 15.0 Å². The van der Waals surface area contributed by atoms with Crippen molar-refractivity contribution in [2.45, 2.75) is 30.8 Å². The second-order valence-corrected chi connectivity index (χ2v) is 11.6. The molecule has 0 bridgehead atoms. The normalized spacial score (nSPS) is 23.0. The van der Waals surface area contributed by atoms with Gasteiger partial charge in [-0.3, -0.25) is 14.4 Å². The minimum atomic E-state index is -1.39. The minimum Gasteiger partial charge on any atom is -0.494 e. The number of ether oxygens (including phenoxy) is 1. The first-order valence-corrected chi connectivity index (χ1v) is 14.8. The Kier molecular flexibility index (Phi) is 6.66. The van der Waals surface area contributed by atoms with Gasteiger partial charge in [0.05, 0.1) is 18.6 Å². The minimum absolute atomic E-state index is 0.253. The highest BCUT2D eigenvalue weighted by atomic mass is 35.5. The summed E-state index contributed by atoms with van der Waals surface area (Å²) in [7, 11) is 0. The van der Waals surface area contributed by atoms with Crippen molar-refractivity contribution in [1.82, 2.24) is 4.90 Å². The Bertz CT molecular complexity index is 1800. The van der Waals surface area contributed by atoms with Gasteiger partial charge in [-0.05, 0) is 71.7 Å². The van der Waals surface area contributed by atoms with E-state index in [1.807, 2.05) is 78.7 Å². The molecular formula is C36H29ClN2O4. The number of Topliss-reactive ketones (excluding diaryl/α,β-unsaturated/α-hetero) is 2. The van der Waals surface area contributed by atoms with Crippen LogP contribution < -0.4 is 10.1 Å². The third-order valence-corrected chi connectivity index (χ3v) is 9.09.